The lowest BCUT2D eigenvalue weighted by Gasteiger charge is -2.09. The molecule has 1 rings (SSSR count). The Balaban J connectivity index is 2.79. The summed E-state index contributed by atoms with van der Waals surface area (Å²) in [7, 11) is -2.09. The van der Waals surface area contributed by atoms with Crippen LogP contribution in [0.25, 0.3) is 0 Å². The van der Waals surface area contributed by atoms with Gasteiger partial charge in [0.05, 0.1) is 12.4 Å². The first-order valence-corrected chi connectivity index (χ1v) is 9.51. The minimum absolute atomic E-state index is 0.0158. The molecule has 19 heavy (non-hydrogen) atoms. The molecule has 0 N–H and O–H groups in total. The van der Waals surface area contributed by atoms with Gasteiger partial charge in [-0.1, -0.05) is 0 Å². The lowest BCUT2D eigenvalue weighted by atomic mass is 10.3. The highest BCUT2D eigenvalue weighted by Gasteiger charge is 2.18. The average molecular weight is 331 g/mol. The fourth-order valence-corrected chi connectivity index (χ4v) is 2.92. The van der Waals surface area contributed by atoms with Crippen molar-refractivity contribution in [2.24, 2.45) is 0 Å². The fraction of sp³-hybridized carbons (Fsp3) is 0.400. The van der Waals surface area contributed by atoms with E-state index in [1.54, 1.807) is 0 Å². The summed E-state index contributed by atoms with van der Waals surface area (Å²) in [5.41, 5.74) is 0. The van der Waals surface area contributed by atoms with Crippen molar-refractivity contribution in [1.29, 1.82) is 0 Å². The molecule has 0 saturated heterocycles. The summed E-state index contributed by atoms with van der Waals surface area (Å²) in [6.07, 6.45) is 1.28. The van der Waals surface area contributed by atoms with Crippen LogP contribution in [0.4, 0.5) is 4.39 Å². The molecule has 0 aliphatic carbocycles. The van der Waals surface area contributed by atoms with Crippen molar-refractivity contribution in [3.63, 3.8) is 0 Å². The Hall–Kier alpha value is -0.860. The number of rotatable bonds is 6. The van der Waals surface area contributed by atoms with Crippen molar-refractivity contribution >= 4 is 29.6 Å². The van der Waals surface area contributed by atoms with Gasteiger partial charge in [0.1, 0.15) is 26.3 Å². The van der Waals surface area contributed by atoms with Crippen LogP contribution >= 0.6 is 10.7 Å². The molecule has 0 aromatic heterocycles. The maximum absolute atomic E-state index is 13.0. The van der Waals surface area contributed by atoms with Gasteiger partial charge in [0.2, 0.25) is 0 Å². The van der Waals surface area contributed by atoms with E-state index in [9.17, 15) is 21.2 Å². The van der Waals surface area contributed by atoms with E-state index in [-0.39, 0.29) is 24.5 Å². The average Bonchev–Trinajstić information content (AvgIpc) is 2.23. The Morgan fingerprint density at radius 3 is 2.42 bits per heavy atom. The Morgan fingerprint density at radius 1 is 1.26 bits per heavy atom. The second kappa shape index (κ2) is 6.06. The van der Waals surface area contributed by atoms with Gasteiger partial charge in [-0.2, -0.15) is 0 Å². The van der Waals surface area contributed by atoms with E-state index in [0.717, 1.165) is 24.5 Å². The monoisotopic (exact) mass is 330 g/mol. The van der Waals surface area contributed by atoms with Crippen LogP contribution in [0.2, 0.25) is 0 Å². The van der Waals surface area contributed by atoms with Gasteiger partial charge in [0.25, 0.3) is 9.05 Å². The van der Waals surface area contributed by atoms with E-state index in [1.165, 1.54) is 0 Å². The summed E-state index contributed by atoms with van der Waals surface area (Å²) < 4.78 is 62.3. The molecule has 0 fully saturated rings. The second-order valence-electron chi connectivity index (χ2n) is 3.86. The predicted octanol–water partition coefficient (Wildman–Crippen LogP) is 1.57. The fourth-order valence-electron chi connectivity index (χ4n) is 1.29. The molecule has 0 aliphatic heterocycles. The minimum Gasteiger partial charge on any atom is -0.492 e. The van der Waals surface area contributed by atoms with Crippen LogP contribution in [0.3, 0.4) is 0 Å². The van der Waals surface area contributed by atoms with Crippen LogP contribution in [0, 0.1) is 5.82 Å². The molecule has 1 aromatic carbocycles. The van der Waals surface area contributed by atoms with Gasteiger partial charge in [-0.3, -0.25) is 0 Å². The molecule has 0 radical (unpaired) electrons. The smallest absolute Gasteiger partial charge is 0.265 e. The van der Waals surface area contributed by atoms with Crippen molar-refractivity contribution < 1.29 is 26.0 Å². The number of sulfone groups is 1. The zero-order chi connectivity index (χ0) is 14.7. The van der Waals surface area contributed by atoms with Gasteiger partial charge in [-0.05, 0) is 24.6 Å². The molecular weight excluding hydrogens is 319 g/mol. The van der Waals surface area contributed by atoms with Crippen LogP contribution < -0.4 is 4.74 Å². The van der Waals surface area contributed by atoms with E-state index in [1.807, 2.05) is 0 Å². The lowest BCUT2D eigenvalue weighted by molar-refractivity contribution is 0.309. The van der Waals surface area contributed by atoms with Gasteiger partial charge in [0, 0.05) is 16.9 Å². The highest BCUT2D eigenvalue weighted by atomic mass is 35.7. The molecule has 0 bridgehead atoms. The number of ether oxygens (including phenoxy) is 1. The molecule has 0 heterocycles. The van der Waals surface area contributed by atoms with Crippen LogP contribution in [0.5, 0.6) is 5.75 Å². The minimum atomic E-state index is -4.13. The predicted molar refractivity (Wildman–Crippen MR) is 69.3 cm³/mol. The first-order valence-electron chi connectivity index (χ1n) is 5.14. The number of halogens is 2. The molecule has 108 valence electrons. The second-order valence-corrected chi connectivity index (χ2v) is 8.65. The van der Waals surface area contributed by atoms with Crippen molar-refractivity contribution in [2.45, 2.75) is 11.3 Å². The lowest BCUT2D eigenvalue weighted by Crippen LogP contribution is -2.09. The molecule has 0 unspecified atom stereocenters. The summed E-state index contributed by atoms with van der Waals surface area (Å²) in [5.74, 6) is -0.954. The molecule has 0 aliphatic rings. The third-order valence-electron chi connectivity index (χ3n) is 2.09. The van der Waals surface area contributed by atoms with E-state index in [0.29, 0.717) is 0 Å². The largest absolute Gasteiger partial charge is 0.492 e. The summed E-state index contributed by atoms with van der Waals surface area (Å²) in [6.45, 7) is -0.0158. The molecule has 0 amide bonds. The Kier molecular flexibility index (Phi) is 5.17. The zero-order valence-electron chi connectivity index (χ0n) is 9.97. The van der Waals surface area contributed by atoms with E-state index >= 15 is 0 Å². The quantitative estimate of drug-likeness (QED) is 0.584. The standard InChI is InChI=1S/C10H12ClFO5S2/c1-18(13,14)6-2-5-17-9-4-3-8(12)7-10(9)19(11,15)16/h3-4,7H,2,5-6H2,1H3. The molecular formula is C10H12ClFO5S2. The van der Waals surface area contributed by atoms with Crippen molar-refractivity contribution in [2.75, 3.05) is 18.6 Å². The van der Waals surface area contributed by atoms with Gasteiger partial charge in [-0.25, -0.2) is 21.2 Å². The molecule has 5 nitrogen and oxygen atoms in total. The maximum atomic E-state index is 13.0. The Labute approximate surface area is 115 Å². The van der Waals surface area contributed by atoms with Gasteiger partial charge >= 0.3 is 0 Å². The van der Waals surface area contributed by atoms with Gasteiger partial charge < -0.3 is 4.74 Å². The van der Waals surface area contributed by atoms with Gasteiger partial charge in [-0.15, -0.1) is 0 Å². The summed E-state index contributed by atoms with van der Waals surface area (Å²) in [4.78, 5) is -0.478. The third-order valence-corrected chi connectivity index (χ3v) is 4.46. The van der Waals surface area contributed by atoms with Crippen molar-refractivity contribution in [1.82, 2.24) is 0 Å². The number of benzene rings is 1. The highest BCUT2D eigenvalue weighted by molar-refractivity contribution is 8.13. The van der Waals surface area contributed by atoms with Gasteiger partial charge in [0.15, 0.2) is 0 Å². The SMILES string of the molecule is CS(=O)(=O)CCCOc1ccc(F)cc1S(=O)(=O)Cl. The normalized spacial score (nSPS) is 12.4. The molecule has 9 heteroatoms. The maximum Gasteiger partial charge on any atom is 0.265 e. The molecule has 0 atom stereocenters. The highest BCUT2D eigenvalue weighted by Crippen LogP contribution is 2.27. The van der Waals surface area contributed by atoms with E-state index in [2.05, 4.69) is 0 Å². The third kappa shape index (κ3) is 5.75. The Bertz CT molecular complexity index is 654. The topological polar surface area (TPSA) is 77.5 Å². The number of hydrogen-bond acceptors (Lipinski definition) is 5. The van der Waals surface area contributed by atoms with E-state index < -0.39 is 29.6 Å². The summed E-state index contributed by atoms with van der Waals surface area (Å²) in [5, 5.41) is 0. The van der Waals surface area contributed by atoms with Crippen molar-refractivity contribution in [3.05, 3.63) is 24.0 Å². The Morgan fingerprint density at radius 2 is 1.89 bits per heavy atom. The van der Waals surface area contributed by atoms with Crippen molar-refractivity contribution in [3.8, 4) is 5.75 Å². The zero-order valence-corrected chi connectivity index (χ0v) is 12.4. The van der Waals surface area contributed by atoms with Crippen LogP contribution in [-0.2, 0) is 18.9 Å². The van der Waals surface area contributed by atoms with Crippen LogP contribution in [0.15, 0.2) is 23.1 Å². The van der Waals surface area contributed by atoms with Crippen LogP contribution in [0.1, 0.15) is 6.42 Å². The molecule has 0 saturated carbocycles. The first kappa shape index (κ1) is 16.2. The molecule has 0 spiro atoms. The summed E-state index contributed by atoms with van der Waals surface area (Å²) in [6, 6.07) is 2.90. The summed E-state index contributed by atoms with van der Waals surface area (Å²) >= 11 is 0. The first-order chi connectivity index (χ1) is 8.59. The van der Waals surface area contributed by atoms with Crippen LogP contribution in [-0.4, -0.2) is 35.5 Å². The van der Waals surface area contributed by atoms with E-state index in [4.69, 9.17) is 15.4 Å². The number of hydrogen-bond donors (Lipinski definition) is 0. The molecule has 1 aromatic rings.